The smallest absolute Gasteiger partial charge is 0.194 e. The number of halogens is 1. The summed E-state index contributed by atoms with van der Waals surface area (Å²) in [5, 5.41) is 13.4. The number of furan rings is 1. The minimum Gasteiger partial charge on any atom is -0.467 e. The summed E-state index contributed by atoms with van der Waals surface area (Å²) in [5.41, 5.74) is 0. The summed E-state index contributed by atoms with van der Waals surface area (Å²) in [6, 6.07) is 3.56. The molecule has 0 radical (unpaired) electrons. The molecule has 3 atom stereocenters. The van der Waals surface area contributed by atoms with Crippen molar-refractivity contribution in [2.45, 2.75) is 33.3 Å². The molecular weight excluding hydrogens is 393 g/mol. The predicted octanol–water partition coefficient (Wildman–Crippen LogP) is 2.87. The fourth-order valence-corrected chi connectivity index (χ4v) is 3.01. The Morgan fingerprint density at radius 2 is 2.14 bits per heavy atom. The molecule has 0 saturated carbocycles. The van der Waals surface area contributed by atoms with E-state index in [0.717, 1.165) is 25.6 Å². The van der Waals surface area contributed by atoms with E-state index in [1.54, 1.807) is 18.4 Å². The van der Waals surface area contributed by atoms with E-state index in [1.807, 2.05) is 0 Å². The van der Waals surface area contributed by atoms with Crippen molar-refractivity contribution < 1.29 is 9.52 Å². The molecule has 5 nitrogen and oxygen atoms in total. The Kier molecular flexibility index (Phi) is 8.24. The molecule has 2 N–H and O–H groups in total. The van der Waals surface area contributed by atoms with Crippen LogP contribution in [0, 0.1) is 11.8 Å². The van der Waals surface area contributed by atoms with E-state index < -0.39 is 6.10 Å². The summed E-state index contributed by atoms with van der Waals surface area (Å²) in [6.07, 6.45) is 2.15. The van der Waals surface area contributed by atoms with Crippen LogP contribution < -0.4 is 5.32 Å². The first-order chi connectivity index (χ1) is 10.1. The van der Waals surface area contributed by atoms with Crippen LogP contribution in [0.4, 0.5) is 0 Å². The fraction of sp³-hybridized carbons (Fsp3) is 0.688. The van der Waals surface area contributed by atoms with Crippen LogP contribution in [0.1, 0.15) is 39.1 Å². The number of aliphatic imine (C=N–C) groups is 1. The van der Waals surface area contributed by atoms with Crippen molar-refractivity contribution in [1.29, 1.82) is 0 Å². The van der Waals surface area contributed by atoms with Crippen molar-refractivity contribution in [2.75, 3.05) is 26.2 Å². The molecule has 1 saturated heterocycles. The third-order valence-corrected chi connectivity index (χ3v) is 3.79. The van der Waals surface area contributed by atoms with Gasteiger partial charge in [0.25, 0.3) is 0 Å². The van der Waals surface area contributed by atoms with Crippen molar-refractivity contribution in [3.8, 4) is 0 Å². The first-order valence-corrected chi connectivity index (χ1v) is 7.84. The van der Waals surface area contributed by atoms with Crippen molar-refractivity contribution >= 4 is 29.9 Å². The molecule has 0 aliphatic carbocycles. The summed E-state index contributed by atoms with van der Waals surface area (Å²) >= 11 is 0. The average Bonchev–Trinajstić information content (AvgIpc) is 2.96. The van der Waals surface area contributed by atoms with E-state index in [-0.39, 0.29) is 24.0 Å². The molecule has 6 heteroatoms. The minimum atomic E-state index is -0.687. The highest BCUT2D eigenvalue weighted by Gasteiger charge is 2.24. The lowest BCUT2D eigenvalue weighted by Crippen LogP contribution is -2.48. The van der Waals surface area contributed by atoms with E-state index in [1.165, 1.54) is 6.42 Å². The lowest BCUT2D eigenvalue weighted by atomic mass is 9.92. The molecule has 3 unspecified atom stereocenters. The third-order valence-electron chi connectivity index (χ3n) is 3.79. The van der Waals surface area contributed by atoms with Gasteiger partial charge < -0.3 is 19.7 Å². The van der Waals surface area contributed by atoms with Gasteiger partial charge in [-0.2, -0.15) is 0 Å². The zero-order valence-corrected chi connectivity index (χ0v) is 16.0. The zero-order chi connectivity index (χ0) is 15.2. The number of nitrogens with one attached hydrogen (secondary N) is 1. The maximum atomic E-state index is 10.1. The Morgan fingerprint density at radius 3 is 2.68 bits per heavy atom. The van der Waals surface area contributed by atoms with Crippen molar-refractivity contribution in [1.82, 2.24) is 10.2 Å². The van der Waals surface area contributed by atoms with Crippen LogP contribution >= 0.6 is 24.0 Å². The summed E-state index contributed by atoms with van der Waals surface area (Å²) in [4.78, 5) is 6.89. The van der Waals surface area contributed by atoms with E-state index >= 15 is 0 Å². The number of likely N-dealkylation sites (tertiary alicyclic amines) is 1. The molecule has 1 fully saturated rings. The van der Waals surface area contributed by atoms with Crippen LogP contribution in [0.5, 0.6) is 0 Å². The highest BCUT2D eigenvalue weighted by Crippen LogP contribution is 2.21. The number of nitrogens with zero attached hydrogens (tertiary/aromatic N) is 2. The molecule has 1 aliphatic heterocycles. The van der Waals surface area contributed by atoms with Gasteiger partial charge in [0.1, 0.15) is 11.9 Å². The van der Waals surface area contributed by atoms with Gasteiger partial charge in [-0.15, -0.1) is 24.0 Å². The average molecular weight is 421 g/mol. The summed E-state index contributed by atoms with van der Waals surface area (Å²) in [7, 11) is 0. The van der Waals surface area contributed by atoms with Crippen molar-refractivity contribution in [2.24, 2.45) is 16.8 Å². The number of aliphatic hydroxyl groups excluding tert-OH is 1. The molecule has 22 heavy (non-hydrogen) atoms. The Morgan fingerprint density at radius 1 is 1.45 bits per heavy atom. The van der Waals surface area contributed by atoms with E-state index in [0.29, 0.717) is 24.1 Å². The Hall–Kier alpha value is -0.760. The van der Waals surface area contributed by atoms with Gasteiger partial charge in [-0.3, -0.25) is 0 Å². The number of hydrogen-bond donors (Lipinski definition) is 2. The number of piperidine rings is 1. The third kappa shape index (κ3) is 5.46. The van der Waals surface area contributed by atoms with Crippen molar-refractivity contribution in [3.63, 3.8) is 0 Å². The standard InChI is InChI=1S/C16H27N3O2.HI/c1-4-17-16(19-10-12(2)8-13(3)11-19)18-9-14(20)15-6-5-7-21-15;/h5-7,12-14,20H,4,8-11H2,1-3H3,(H,17,18);1H. The first-order valence-electron chi connectivity index (χ1n) is 7.84. The van der Waals surface area contributed by atoms with Gasteiger partial charge in [-0.25, -0.2) is 4.99 Å². The molecule has 0 aromatic carbocycles. The largest absolute Gasteiger partial charge is 0.467 e. The van der Waals surface area contributed by atoms with E-state index in [2.05, 4.69) is 36.0 Å². The molecule has 0 amide bonds. The van der Waals surface area contributed by atoms with Crippen molar-refractivity contribution in [3.05, 3.63) is 24.2 Å². The molecule has 126 valence electrons. The van der Waals surface area contributed by atoms with Gasteiger partial charge in [-0.05, 0) is 37.3 Å². The first kappa shape index (κ1) is 19.3. The topological polar surface area (TPSA) is 61.0 Å². The highest BCUT2D eigenvalue weighted by molar-refractivity contribution is 14.0. The highest BCUT2D eigenvalue weighted by atomic mass is 127. The molecular formula is C16H28IN3O2. The monoisotopic (exact) mass is 421 g/mol. The van der Waals surface area contributed by atoms with Crippen LogP contribution in [-0.4, -0.2) is 42.1 Å². The van der Waals surface area contributed by atoms with Crippen LogP contribution in [-0.2, 0) is 0 Å². The van der Waals surface area contributed by atoms with Crippen LogP contribution in [0.3, 0.4) is 0 Å². The van der Waals surface area contributed by atoms with E-state index in [4.69, 9.17) is 4.42 Å². The second-order valence-corrected chi connectivity index (χ2v) is 6.08. The number of guanidine groups is 1. The molecule has 1 aromatic heterocycles. The van der Waals surface area contributed by atoms with Gasteiger partial charge in [0.2, 0.25) is 0 Å². The number of hydrogen-bond acceptors (Lipinski definition) is 3. The van der Waals surface area contributed by atoms with Gasteiger partial charge in [-0.1, -0.05) is 13.8 Å². The Labute approximate surface area is 150 Å². The Bertz CT molecular complexity index is 440. The number of rotatable bonds is 4. The molecule has 2 heterocycles. The summed E-state index contributed by atoms with van der Waals surface area (Å²) in [6.45, 7) is 9.81. The Balaban J connectivity index is 0.00000242. The second-order valence-electron chi connectivity index (χ2n) is 6.08. The molecule has 2 rings (SSSR count). The quantitative estimate of drug-likeness (QED) is 0.446. The lowest BCUT2D eigenvalue weighted by Gasteiger charge is -2.37. The fourth-order valence-electron chi connectivity index (χ4n) is 3.01. The summed E-state index contributed by atoms with van der Waals surface area (Å²) in [5.74, 6) is 2.80. The second kappa shape index (κ2) is 9.39. The maximum absolute atomic E-state index is 10.1. The van der Waals surface area contributed by atoms with Gasteiger partial charge in [0.05, 0.1) is 12.8 Å². The molecule has 0 bridgehead atoms. The number of aliphatic hydroxyl groups is 1. The zero-order valence-electron chi connectivity index (χ0n) is 13.7. The molecule has 0 spiro atoms. The van der Waals surface area contributed by atoms with Crippen LogP contribution in [0.15, 0.2) is 27.8 Å². The van der Waals surface area contributed by atoms with Gasteiger partial charge in [0.15, 0.2) is 5.96 Å². The predicted molar refractivity (Wildman–Crippen MR) is 99.6 cm³/mol. The van der Waals surface area contributed by atoms with Crippen LogP contribution in [0.2, 0.25) is 0 Å². The molecule has 1 aliphatic rings. The SMILES string of the molecule is CCNC(=NCC(O)c1ccco1)N1CC(C)CC(C)C1.I. The minimum absolute atomic E-state index is 0. The van der Waals surface area contributed by atoms with E-state index in [9.17, 15) is 5.11 Å². The molecule has 1 aromatic rings. The normalized spacial score (nSPS) is 23.8. The van der Waals surface area contributed by atoms with Gasteiger partial charge >= 0.3 is 0 Å². The maximum Gasteiger partial charge on any atom is 0.194 e. The summed E-state index contributed by atoms with van der Waals surface area (Å²) < 4.78 is 5.21. The van der Waals surface area contributed by atoms with Crippen LogP contribution in [0.25, 0.3) is 0 Å². The van der Waals surface area contributed by atoms with Gasteiger partial charge in [0, 0.05) is 19.6 Å². The lowest BCUT2D eigenvalue weighted by molar-refractivity contribution is 0.157.